The third kappa shape index (κ3) is 3.72. The van der Waals surface area contributed by atoms with Crippen molar-refractivity contribution in [2.45, 2.75) is 31.2 Å². The summed E-state index contributed by atoms with van der Waals surface area (Å²) in [5.74, 6) is 0. The van der Waals surface area contributed by atoms with Crippen LogP contribution in [-0.4, -0.2) is 25.9 Å². The van der Waals surface area contributed by atoms with Gasteiger partial charge in [0.1, 0.15) is 0 Å². The Morgan fingerprint density at radius 2 is 2.11 bits per heavy atom. The highest BCUT2D eigenvalue weighted by Gasteiger charge is 2.21. The average molecular weight is 287 g/mol. The molecular weight excluding hydrogens is 270 g/mol. The molecule has 0 radical (unpaired) electrons. The Morgan fingerprint density at radius 3 is 2.53 bits per heavy atom. The summed E-state index contributed by atoms with van der Waals surface area (Å²) in [7, 11) is -3.71. The average Bonchev–Trinajstić information content (AvgIpc) is 2.35. The van der Waals surface area contributed by atoms with E-state index in [1.54, 1.807) is 0 Å². The van der Waals surface area contributed by atoms with Crippen LogP contribution in [0, 0.1) is 17.0 Å². The third-order valence-corrected chi connectivity index (χ3v) is 4.44. The van der Waals surface area contributed by atoms with Crippen molar-refractivity contribution in [1.82, 2.24) is 4.72 Å². The Hall–Kier alpha value is -1.51. The topological polar surface area (TPSA) is 115 Å². The van der Waals surface area contributed by atoms with E-state index in [1.807, 2.05) is 6.92 Å². The van der Waals surface area contributed by atoms with Gasteiger partial charge in [0.15, 0.2) is 0 Å². The summed E-state index contributed by atoms with van der Waals surface area (Å²) in [6, 6.07) is 3.29. The van der Waals surface area contributed by atoms with Crippen LogP contribution in [-0.2, 0) is 10.0 Å². The minimum Gasteiger partial charge on any atom is -0.329 e. The maximum absolute atomic E-state index is 12.1. The Balaban J connectivity index is 3.12. The number of non-ortho nitro benzene ring substituents is 1. The second kappa shape index (κ2) is 6.09. The van der Waals surface area contributed by atoms with Crippen LogP contribution in [0.2, 0.25) is 0 Å². The van der Waals surface area contributed by atoms with Crippen LogP contribution in [0.1, 0.15) is 18.9 Å². The maximum Gasteiger partial charge on any atom is 0.269 e. The minimum atomic E-state index is -3.71. The van der Waals surface area contributed by atoms with E-state index in [-0.39, 0.29) is 23.2 Å². The standard InChI is InChI=1S/C11H17N3O4S/c1-3-9(7-12)13-19(17,18)11-5-4-10(14(15)16)6-8(11)2/h4-6,9,13H,3,7,12H2,1-2H3. The number of rotatable bonds is 6. The molecule has 0 heterocycles. The van der Waals surface area contributed by atoms with Crippen molar-refractivity contribution in [3.05, 3.63) is 33.9 Å². The molecule has 1 atom stereocenters. The normalized spacial score (nSPS) is 13.2. The molecule has 0 amide bonds. The number of nitrogens with one attached hydrogen (secondary N) is 1. The maximum atomic E-state index is 12.1. The molecule has 7 nitrogen and oxygen atoms in total. The van der Waals surface area contributed by atoms with Gasteiger partial charge >= 0.3 is 0 Å². The van der Waals surface area contributed by atoms with Gasteiger partial charge in [0, 0.05) is 24.7 Å². The predicted molar refractivity (Wildman–Crippen MR) is 71.3 cm³/mol. The van der Waals surface area contributed by atoms with Crippen molar-refractivity contribution < 1.29 is 13.3 Å². The van der Waals surface area contributed by atoms with Crippen molar-refractivity contribution in [2.24, 2.45) is 5.73 Å². The summed E-state index contributed by atoms with van der Waals surface area (Å²) in [4.78, 5) is 10.1. The van der Waals surface area contributed by atoms with Crippen LogP contribution in [0.15, 0.2) is 23.1 Å². The van der Waals surface area contributed by atoms with Crippen molar-refractivity contribution in [3.63, 3.8) is 0 Å². The van der Waals surface area contributed by atoms with Gasteiger partial charge in [-0.2, -0.15) is 0 Å². The number of hydrogen-bond donors (Lipinski definition) is 2. The zero-order chi connectivity index (χ0) is 14.6. The third-order valence-electron chi connectivity index (χ3n) is 2.76. The van der Waals surface area contributed by atoms with Crippen molar-refractivity contribution in [1.29, 1.82) is 0 Å². The number of aryl methyl sites for hydroxylation is 1. The largest absolute Gasteiger partial charge is 0.329 e. The number of nitro groups is 1. The van der Waals surface area contributed by atoms with E-state index in [0.29, 0.717) is 12.0 Å². The van der Waals surface area contributed by atoms with Gasteiger partial charge in [-0.15, -0.1) is 0 Å². The Labute approximate surface area is 112 Å². The molecule has 0 aliphatic heterocycles. The van der Waals surface area contributed by atoms with Gasteiger partial charge in [-0.3, -0.25) is 10.1 Å². The first-order valence-electron chi connectivity index (χ1n) is 5.79. The fraction of sp³-hybridized carbons (Fsp3) is 0.455. The van der Waals surface area contributed by atoms with Gasteiger partial charge in [0.2, 0.25) is 10.0 Å². The summed E-state index contributed by atoms with van der Waals surface area (Å²) >= 11 is 0. The van der Waals surface area contributed by atoms with Crippen LogP contribution in [0.3, 0.4) is 0 Å². The number of nitrogens with zero attached hydrogens (tertiary/aromatic N) is 1. The van der Waals surface area contributed by atoms with Gasteiger partial charge in [0.05, 0.1) is 9.82 Å². The molecule has 0 aliphatic rings. The van der Waals surface area contributed by atoms with E-state index in [2.05, 4.69) is 4.72 Å². The molecule has 0 saturated heterocycles. The molecule has 3 N–H and O–H groups in total. The highest BCUT2D eigenvalue weighted by Crippen LogP contribution is 2.21. The molecule has 1 aromatic carbocycles. The number of benzene rings is 1. The molecule has 0 spiro atoms. The second-order valence-corrected chi connectivity index (χ2v) is 5.85. The van der Waals surface area contributed by atoms with Crippen molar-refractivity contribution in [2.75, 3.05) is 6.54 Å². The summed E-state index contributed by atoms with van der Waals surface area (Å²) in [6.45, 7) is 3.54. The van der Waals surface area contributed by atoms with Gasteiger partial charge in [-0.1, -0.05) is 6.92 Å². The first-order chi connectivity index (χ1) is 8.81. The lowest BCUT2D eigenvalue weighted by atomic mass is 10.2. The van der Waals surface area contributed by atoms with Crippen molar-refractivity contribution >= 4 is 15.7 Å². The van der Waals surface area contributed by atoms with Gasteiger partial charge in [0.25, 0.3) is 5.69 Å². The van der Waals surface area contributed by atoms with E-state index in [1.165, 1.54) is 25.1 Å². The number of hydrogen-bond acceptors (Lipinski definition) is 5. The van der Waals surface area contributed by atoms with Crippen LogP contribution in [0.25, 0.3) is 0 Å². The van der Waals surface area contributed by atoms with E-state index < -0.39 is 14.9 Å². The molecule has 1 rings (SSSR count). The van der Waals surface area contributed by atoms with E-state index in [4.69, 9.17) is 5.73 Å². The quantitative estimate of drug-likeness (QED) is 0.596. The molecule has 0 aliphatic carbocycles. The zero-order valence-electron chi connectivity index (χ0n) is 10.8. The zero-order valence-corrected chi connectivity index (χ0v) is 11.6. The first kappa shape index (κ1) is 15.5. The molecule has 106 valence electrons. The fourth-order valence-corrected chi connectivity index (χ4v) is 3.19. The monoisotopic (exact) mass is 287 g/mol. The second-order valence-electron chi connectivity index (χ2n) is 4.17. The summed E-state index contributed by atoms with van der Waals surface area (Å²) in [5.41, 5.74) is 5.64. The highest BCUT2D eigenvalue weighted by molar-refractivity contribution is 7.89. The number of nitrogens with two attached hydrogens (primary N) is 1. The molecule has 0 aromatic heterocycles. The summed E-state index contributed by atoms with van der Waals surface area (Å²) < 4.78 is 26.7. The lowest BCUT2D eigenvalue weighted by molar-refractivity contribution is -0.385. The predicted octanol–water partition coefficient (Wildman–Crippen LogP) is 0.919. The first-order valence-corrected chi connectivity index (χ1v) is 7.27. The molecule has 1 unspecified atom stereocenters. The van der Waals surface area contributed by atoms with Crippen LogP contribution in [0.4, 0.5) is 5.69 Å². The Kier molecular flexibility index (Phi) is 4.98. The summed E-state index contributed by atoms with van der Waals surface area (Å²) in [6.07, 6.45) is 0.571. The van der Waals surface area contributed by atoms with E-state index >= 15 is 0 Å². The van der Waals surface area contributed by atoms with E-state index in [0.717, 1.165) is 0 Å². The van der Waals surface area contributed by atoms with Crippen LogP contribution >= 0.6 is 0 Å². The molecular formula is C11H17N3O4S. The number of sulfonamides is 1. The Morgan fingerprint density at radius 1 is 1.47 bits per heavy atom. The van der Waals surface area contributed by atoms with Gasteiger partial charge in [-0.25, -0.2) is 13.1 Å². The SMILES string of the molecule is CCC(CN)NS(=O)(=O)c1ccc([N+](=O)[O-])cc1C. The van der Waals surface area contributed by atoms with E-state index in [9.17, 15) is 18.5 Å². The van der Waals surface area contributed by atoms with Gasteiger partial charge < -0.3 is 5.73 Å². The lowest BCUT2D eigenvalue weighted by Gasteiger charge is -2.15. The fourth-order valence-electron chi connectivity index (χ4n) is 1.63. The Bertz CT molecular complexity index is 567. The number of nitro benzene ring substituents is 1. The molecule has 8 heteroatoms. The molecule has 0 saturated carbocycles. The lowest BCUT2D eigenvalue weighted by Crippen LogP contribution is -2.39. The highest BCUT2D eigenvalue weighted by atomic mass is 32.2. The molecule has 19 heavy (non-hydrogen) atoms. The smallest absolute Gasteiger partial charge is 0.269 e. The molecule has 0 bridgehead atoms. The van der Waals surface area contributed by atoms with Crippen molar-refractivity contribution in [3.8, 4) is 0 Å². The minimum absolute atomic E-state index is 0.0324. The van der Waals surface area contributed by atoms with Gasteiger partial charge in [-0.05, 0) is 25.0 Å². The summed E-state index contributed by atoms with van der Waals surface area (Å²) in [5, 5.41) is 10.6. The molecule has 1 aromatic rings. The van der Waals surface area contributed by atoms with Crippen LogP contribution < -0.4 is 10.5 Å². The van der Waals surface area contributed by atoms with Crippen LogP contribution in [0.5, 0.6) is 0 Å². The molecule has 0 fully saturated rings.